The van der Waals surface area contributed by atoms with Crippen molar-refractivity contribution in [3.05, 3.63) is 19.1 Å². The third-order valence-electron chi connectivity index (χ3n) is 2.03. The Labute approximate surface area is 58.0 Å². The fraction of sp³-hybridized carbons (Fsp3) is 0.667. The standard InChI is InChI=1S/C9H15/c1-2-9-7-5-3-4-6-8-9/h3,5,9H,1-2,4,6-8H2. The molecular formula is C9H15. The highest BCUT2D eigenvalue weighted by Crippen LogP contribution is 2.20. The molecule has 0 aromatic carbocycles. The summed E-state index contributed by atoms with van der Waals surface area (Å²) in [6, 6.07) is 0. The van der Waals surface area contributed by atoms with Crippen molar-refractivity contribution < 1.29 is 0 Å². The van der Waals surface area contributed by atoms with Gasteiger partial charge >= 0.3 is 0 Å². The van der Waals surface area contributed by atoms with E-state index in [9.17, 15) is 0 Å². The van der Waals surface area contributed by atoms with Crippen molar-refractivity contribution in [3.8, 4) is 0 Å². The van der Waals surface area contributed by atoms with Gasteiger partial charge in [-0.05, 0) is 31.6 Å². The molecule has 0 fully saturated rings. The summed E-state index contributed by atoms with van der Waals surface area (Å²) in [5.74, 6) is 0.878. The molecule has 9 heavy (non-hydrogen) atoms. The molecule has 0 aliphatic heterocycles. The largest absolute Gasteiger partial charge is 0.0885 e. The Morgan fingerprint density at radius 1 is 1.44 bits per heavy atom. The van der Waals surface area contributed by atoms with Gasteiger partial charge in [0.25, 0.3) is 0 Å². The first-order chi connectivity index (χ1) is 4.43. The van der Waals surface area contributed by atoms with E-state index in [2.05, 4.69) is 19.1 Å². The topological polar surface area (TPSA) is 0 Å². The van der Waals surface area contributed by atoms with Crippen molar-refractivity contribution in [2.24, 2.45) is 5.92 Å². The lowest BCUT2D eigenvalue weighted by atomic mass is 9.98. The van der Waals surface area contributed by atoms with Crippen LogP contribution < -0.4 is 0 Å². The molecule has 0 heterocycles. The Balaban J connectivity index is 2.29. The van der Waals surface area contributed by atoms with Gasteiger partial charge in [0.2, 0.25) is 0 Å². The Hall–Kier alpha value is -0.260. The molecule has 1 atom stereocenters. The van der Waals surface area contributed by atoms with Gasteiger partial charge in [-0.1, -0.05) is 25.5 Å². The first kappa shape index (κ1) is 6.85. The van der Waals surface area contributed by atoms with Crippen molar-refractivity contribution in [2.75, 3.05) is 0 Å². The van der Waals surface area contributed by atoms with Crippen LogP contribution in [0.3, 0.4) is 0 Å². The minimum atomic E-state index is 0.878. The monoisotopic (exact) mass is 123 g/mol. The molecule has 0 bridgehead atoms. The predicted octanol–water partition coefficient (Wildman–Crippen LogP) is 2.96. The van der Waals surface area contributed by atoms with Crippen molar-refractivity contribution in [1.29, 1.82) is 0 Å². The van der Waals surface area contributed by atoms with Crippen LogP contribution in [0.2, 0.25) is 0 Å². The second-order valence-electron chi connectivity index (χ2n) is 2.79. The molecule has 0 nitrogen and oxygen atoms in total. The summed E-state index contributed by atoms with van der Waals surface area (Å²) in [6.07, 6.45) is 11.0. The summed E-state index contributed by atoms with van der Waals surface area (Å²) >= 11 is 0. The molecule has 1 unspecified atom stereocenters. The number of rotatable bonds is 1. The summed E-state index contributed by atoms with van der Waals surface area (Å²) in [4.78, 5) is 0. The second kappa shape index (κ2) is 3.71. The van der Waals surface area contributed by atoms with E-state index in [0.717, 1.165) is 12.3 Å². The van der Waals surface area contributed by atoms with E-state index >= 15 is 0 Å². The van der Waals surface area contributed by atoms with Gasteiger partial charge in [0, 0.05) is 0 Å². The third kappa shape index (κ3) is 2.21. The van der Waals surface area contributed by atoms with Crippen LogP contribution in [0.5, 0.6) is 0 Å². The van der Waals surface area contributed by atoms with Crippen molar-refractivity contribution in [2.45, 2.75) is 32.1 Å². The van der Waals surface area contributed by atoms with E-state index in [-0.39, 0.29) is 0 Å². The van der Waals surface area contributed by atoms with Gasteiger partial charge in [0.1, 0.15) is 0 Å². The second-order valence-corrected chi connectivity index (χ2v) is 2.79. The maximum Gasteiger partial charge on any atom is -0.0322 e. The Bertz CT molecular complexity index is 92.2. The molecule has 1 aliphatic carbocycles. The zero-order chi connectivity index (χ0) is 6.53. The normalized spacial score (nSPS) is 27.9. The predicted molar refractivity (Wildman–Crippen MR) is 41.1 cm³/mol. The number of hydrogen-bond acceptors (Lipinski definition) is 0. The number of allylic oxidation sites excluding steroid dienone is 2. The van der Waals surface area contributed by atoms with E-state index in [1.165, 1.54) is 25.7 Å². The van der Waals surface area contributed by atoms with Crippen LogP contribution in [0, 0.1) is 12.8 Å². The molecule has 0 spiro atoms. The van der Waals surface area contributed by atoms with Gasteiger partial charge in [-0.3, -0.25) is 0 Å². The fourth-order valence-electron chi connectivity index (χ4n) is 1.31. The fourth-order valence-corrected chi connectivity index (χ4v) is 1.31. The van der Waals surface area contributed by atoms with Crippen molar-refractivity contribution >= 4 is 0 Å². The molecule has 1 rings (SSSR count). The summed E-state index contributed by atoms with van der Waals surface area (Å²) in [5, 5.41) is 0. The van der Waals surface area contributed by atoms with E-state index in [4.69, 9.17) is 0 Å². The van der Waals surface area contributed by atoms with Crippen LogP contribution in [-0.2, 0) is 0 Å². The molecule has 0 heteroatoms. The van der Waals surface area contributed by atoms with E-state index < -0.39 is 0 Å². The van der Waals surface area contributed by atoms with Crippen LogP contribution >= 0.6 is 0 Å². The Morgan fingerprint density at radius 2 is 2.33 bits per heavy atom. The molecule has 0 saturated heterocycles. The highest BCUT2D eigenvalue weighted by Gasteiger charge is 2.04. The minimum Gasteiger partial charge on any atom is -0.0885 e. The van der Waals surface area contributed by atoms with Crippen LogP contribution in [0.15, 0.2) is 12.2 Å². The Morgan fingerprint density at radius 3 is 3.11 bits per heavy atom. The molecule has 0 aromatic rings. The SMILES string of the molecule is [CH2]CC1CC=CCCC1. The summed E-state index contributed by atoms with van der Waals surface area (Å²) < 4.78 is 0. The summed E-state index contributed by atoms with van der Waals surface area (Å²) in [6.45, 7) is 3.92. The van der Waals surface area contributed by atoms with Gasteiger partial charge in [0.15, 0.2) is 0 Å². The zero-order valence-corrected chi connectivity index (χ0v) is 5.97. The highest BCUT2D eigenvalue weighted by molar-refractivity contribution is 4.87. The van der Waals surface area contributed by atoms with E-state index in [0.29, 0.717) is 0 Å². The van der Waals surface area contributed by atoms with Crippen LogP contribution in [0.4, 0.5) is 0 Å². The lowest BCUT2D eigenvalue weighted by Crippen LogP contribution is -1.94. The van der Waals surface area contributed by atoms with Crippen LogP contribution in [0.25, 0.3) is 0 Å². The Kier molecular flexibility index (Phi) is 2.82. The summed E-state index contributed by atoms with van der Waals surface area (Å²) in [7, 11) is 0. The van der Waals surface area contributed by atoms with Crippen LogP contribution in [0.1, 0.15) is 32.1 Å². The molecule has 0 aromatic heterocycles. The quantitative estimate of drug-likeness (QED) is 0.470. The van der Waals surface area contributed by atoms with E-state index in [1.54, 1.807) is 0 Å². The third-order valence-corrected chi connectivity index (χ3v) is 2.03. The van der Waals surface area contributed by atoms with Gasteiger partial charge < -0.3 is 0 Å². The molecular weight excluding hydrogens is 108 g/mol. The molecule has 0 saturated carbocycles. The average molecular weight is 123 g/mol. The molecule has 0 amide bonds. The van der Waals surface area contributed by atoms with Crippen LogP contribution in [-0.4, -0.2) is 0 Å². The molecule has 1 radical (unpaired) electrons. The zero-order valence-electron chi connectivity index (χ0n) is 5.97. The number of hydrogen-bond donors (Lipinski definition) is 0. The maximum absolute atomic E-state index is 3.92. The van der Waals surface area contributed by atoms with Gasteiger partial charge in [-0.2, -0.15) is 0 Å². The lowest BCUT2D eigenvalue weighted by molar-refractivity contribution is 0.490. The molecule has 0 N–H and O–H groups in total. The average Bonchev–Trinajstić information content (AvgIpc) is 2.13. The van der Waals surface area contributed by atoms with Gasteiger partial charge in [-0.25, -0.2) is 0 Å². The van der Waals surface area contributed by atoms with Gasteiger partial charge in [-0.15, -0.1) is 0 Å². The minimum absolute atomic E-state index is 0.878. The highest BCUT2D eigenvalue weighted by atomic mass is 14.1. The van der Waals surface area contributed by atoms with Gasteiger partial charge in [0.05, 0.1) is 0 Å². The lowest BCUT2D eigenvalue weighted by Gasteiger charge is -2.07. The first-order valence-electron chi connectivity index (χ1n) is 3.87. The smallest absolute Gasteiger partial charge is 0.0322 e. The van der Waals surface area contributed by atoms with Crippen molar-refractivity contribution in [3.63, 3.8) is 0 Å². The molecule has 51 valence electrons. The first-order valence-corrected chi connectivity index (χ1v) is 3.87. The summed E-state index contributed by atoms with van der Waals surface area (Å²) in [5.41, 5.74) is 0. The molecule has 1 aliphatic rings. The van der Waals surface area contributed by atoms with Crippen molar-refractivity contribution in [1.82, 2.24) is 0 Å². The van der Waals surface area contributed by atoms with E-state index in [1.807, 2.05) is 0 Å². The maximum atomic E-state index is 3.92.